The number of nitrogens with zero attached hydrogens (tertiary/aromatic N) is 1. The van der Waals surface area contributed by atoms with Crippen LogP contribution in [0.5, 0.6) is 0 Å². The fourth-order valence-electron chi connectivity index (χ4n) is 4.24. The van der Waals surface area contributed by atoms with Crippen LogP contribution < -0.4 is 5.32 Å². The first-order valence-electron chi connectivity index (χ1n) is 8.45. The van der Waals surface area contributed by atoms with Gasteiger partial charge in [-0.25, -0.2) is 4.39 Å². The second-order valence-electron chi connectivity index (χ2n) is 7.14. The monoisotopic (exact) mass is 302 g/mol. The van der Waals surface area contributed by atoms with E-state index in [-0.39, 0.29) is 17.1 Å². The second-order valence-corrected chi connectivity index (χ2v) is 7.14. The molecule has 3 fully saturated rings. The minimum atomic E-state index is -0.356. The molecule has 2 aliphatic heterocycles. The van der Waals surface area contributed by atoms with Crippen molar-refractivity contribution in [3.8, 4) is 0 Å². The molecule has 22 heavy (non-hydrogen) atoms. The molecule has 1 amide bonds. The molecule has 2 heterocycles. The minimum Gasteiger partial charge on any atom is -0.342 e. The molecule has 4 heteroatoms. The molecule has 1 N–H and O–H groups in total. The van der Waals surface area contributed by atoms with Crippen molar-refractivity contribution in [2.75, 3.05) is 26.2 Å². The van der Waals surface area contributed by atoms with Crippen LogP contribution in [0.2, 0.25) is 0 Å². The first kappa shape index (κ1) is 14.2. The van der Waals surface area contributed by atoms with Crippen LogP contribution in [-0.4, -0.2) is 37.0 Å². The number of carbonyl (C=O) groups is 1. The molecule has 3 nitrogen and oxygen atoms in total. The lowest BCUT2D eigenvalue weighted by Gasteiger charge is -2.26. The predicted octanol–water partition coefficient (Wildman–Crippen LogP) is 2.32. The lowest BCUT2D eigenvalue weighted by atomic mass is 9.92. The molecule has 1 aromatic carbocycles. The number of carbonyl (C=O) groups excluding carboxylic acids is 1. The zero-order valence-corrected chi connectivity index (χ0v) is 12.9. The summed E-state index contributed by atoms with van der Waals surface area (Å²) in [5.74, 6) is 1.51. The topological polar surface area (TPSA) is 32.3 Å². The number of rotatable bonds is 2. The van der Waals surface area contributed by atoms with Crippen LogP contribution in [0.1, 0.15) is 31.2 Å². The third-order valence-corrected chi connectivity index (χ3v) is 5.86. The fraction of sp³-hybridized carbons (Fsp3) is 0.611. The van der Waals surface area contributed by atoms with Crippen molar-refractivity contribution >= 4 is 5.91 Å². The molecular weight excluding hydrogens is 279 g/mol. The molecule has 3 aliphatic rings. The minimum absolute atomic E-state index is 0.234. The molecular formula is C18H23FN2O. The zero-order chi connectivity index (χ0) is 15.2. The van der Waals surface area contributed by atoms with Gasteiger partial charge in [-0.2, -0.15) is 0 Å². The number of likely N-dealkylation sites (tertiary alicyclic amines) is 1. The van der Waals surface area contributed by atoms with E-state index in [1.54, 1.807) is 12.1 Å². The van der Waals surface area contributed by atoms with Gasteiger partial charge in [-0.15, -0.1) is 0 Å². The molecule has 2 saturated heterocycles. The summed E-state index contributed by atoms with van der Waals surface area (Å²) in [5.41, 5.74) is 0.635. The van der Waals surface area contributed by atoms with Crippen LogP contribution in [0, 0.1) is 17.7 Å². The fourth-order valence-corrected chi connectivity index (χ4v) is 4.24. The van der Waals surface area contributed by atoms with Crippen LogP contribution in [0.3, 0.4) is 0 Å². The Kier molecular flexibility index (Phi) is 3.44. The standard InChI is InChI=1S/C18H23FN2O/c19-16-3-1-15(2-4-16)18(7-8-18)17(22)21-9-5-13-11-20-12-14(13)6-10-21/h1-4,13-14,20H,5-12H2/t13-,14+. The number of hydrogen-bond acceptors (Lipinski definition) is 2. The number of benzene rings is 1. The molecule has 0 spiro atoms. The largest absolute Gasteiger partial charge is 0.342 e. The molecule has 1 aromatic rings. The van der Waals surface area contributed by atoms with E-state index < -0.39 is 0 Å². The Balaban J connectivity index is 1.50. The Labute approximate surface area is 130 Å². The first-order chi connectivity index (χ1) is 10.7. The summed E-state index contributed by atoms with van der Waals surface area (Å²) in [6, 6.07) is 6.52. The molecule has 2 atom stereocenters. The molecule has 0 radical (unpaired) electrons. The lowest BCUT2D eigenvalue weighted by Crippen LogP contribution is -2.40. The highest BCUT2D eigenvalue weighted by Crippen LogP contribution is 2.50. The molecule has 0 aromatic heterocycles. The maximum atomic E-state index is 13.1. The SMILES string of the molecule is O=C(N1CC[C@@H]2CNC[C@@H]2CC1)C1(c2ccc(F)cc2)CC1. The predicted molar refractivity (Wildman–Crippen MR) is 83.0 cm³/mol. The normalized spacial score (nSPS) is 29.8. The molecule has 118 valence electrons. The van der Waals surface area contributed by atoms with Crippen LogP contribution in [0.4, 0.5) is 4.39 Å². The van der Waals surface area contributed by atoms with Crippen molar-refractivity contribution in [2.24, 2.45) is 11.8 Å². The van der Waals surface area contributed by atoms with Crippen LogP contribution in [0.15, 0.2) is 24.3 Å². The summed E-state index contributed by atoms with van der Waals surface area (Å²) in [4.78, 5) is 15.1. The van der Waals surface area contributed by atoms with Crippen molar-refractivity contribution in [3.63, 3.8) is 0 Å². The number of halogens is 1. The van der Waals surface area contributed by atoms with Crippen molar-refractivity contribution in [3.05, 3.63) is 35.6 Å². The maximum absolute atomic E-state index is 13.1. The van der Waals surface area contributed by atoms with Crippen LogP contribution >= 0.6 is 0 Å². The quantitative estimate of drug-likeness (QED) is 0.909. The summed E-state index contributed by atoms with van der Waals surface area (Å²) in [5, 5.41) is 3.47. The van der Waals surface area contributed by atoms with Crippen molar-refractivity contribution in [1.82, 2.24) is 10.2 Å². The Morgan fingerprint density at radius 3 is 2.23 bits per heavy atom. The highest BCUT2D eigenvalue weighted by atomic mass is 19.1. The average molecular weight is 302 g/mol. The van der Waals surface area contributed by atoms with E-state index in [4.69, 9.17) is 0 Å². The maximum Gasteiger partial charge on any atom is 0.233 e. The van der Waals surface area contributed by atoms with Crippen LogP contribution in [0.25, 0.3) is 0 Å². The highest BCUT2D eigenvalue weighted by molar-refractivity contribution is 5.91. The van der Waals surface area contributed by atoms with Gasteiger partial charge in [0.25, 0.3) is 0 Å². The third-order valence-electron chi connectivity index (χ3n) is 5.86. The summed E-state index contributed by atoms with van der Waals surface area (Å²) >= 11 is 0. The second kappa shape index (κ2) is 5.34. The average Bonchev–Trinajstić information content (AvgIpc) is 3.26. The molecule has 1 aliphatic carbocycles. The Hall–Kier alpha value is -1.42. The van der Waals surface area contributed by atoms with E-state index in [1.165, 1.54) is 12.1 Å². The van der Waals surface area contributed by atoms with Gasteiger partial charge in [0.2, 0.25) is 5.91 Å². The Morgan fingerprint density at radius 2 is 1.68 bits per heavy atom. The number of fused-ring (bicyclic) bond motifs is 1. The van der Waals surface area contributed by atoms with E-state index in [0.717, 1.165) is 69.3 Å². The summed E-state index contributed by atoms with van der Waals surface area (Å²) < 4.78 is 13.1. The van der Waals surface area contributed by atoms with E-state index in [1.807, 2.05) is 0 Å². The Morgan fingerprint density at radius 1 is 1.09 bits per heavy atom. The molecule has 0 bridgehead atoms. The van der Waals surface area contributed by atoms with Gasteiger partial charge in [-0.3, -0.25) is 4.79 Å². The van der Waals surface area contributed by atoms with Crippen molar-refractivity contribution < 1.29 is 9.18 Å². The third kappa shape index (κ3) is 2.34. The van der Waals surface area contributed by atoms with Gasteiger partial charge in [0, 0.05) is 13.1 Å². The molecule has 1 saturated carbocycles. The Bertz CT molecular complexity index is 553. The van der Waals surface area contributed by atoms with Gasteiger partial charge < -0.3 is 10.2 Å². The highest BCUT2D eigenvalue weighted by Gasteiger charge is 2.53. The smallest absolute Gasteiger partial charge is 0.233 e. The lowest BCUT2D eigenvalue weighted by molar-refractivity contribution is -0.134. The van der Waals surface area contributed by atoms with E-state index in [2.05, 4.69) is 10.2 Å². The van der Waals surface area contributed by atoms with Crippen molar-refractivity contribution in [1.29, 1.82) is 0 Å². The summed E-state index contributed by atoms with van der Waals surface area (Å²) in [6.45, 7) is 3.97. The van der Waals surface area contributed by atoms with Crippen molar-refractivity contribution in [2.45, 2.75) is 31.1 Å². The van der Waals surface area contributed by atoms with E-state index in [9.17, 15) is 9.18 Å². The van der Waals surface area contributed by atoms with E-state index in [0.29, 0.717) is 0 Å². The van der Waals surface area contributed by atoms with Gasteiger partial charge in [-0.1, -0.05) is 12.1 Å². The first-order valence-corrected chi connectivity index (χ1v) is 8.45. The van der Waals surface area contributed by atoms with Gasteiger partial charge in [0.05, 0.1) is 5.41 Å². The number of hydrogen-bond donors (Lipinski definition) is 1. The van der Waals surface area contributed by atoms with Gasteiger partial charge in [0.15, 0.2) is 0 Å². The van der Waals surface area contributed by atoms with Gasteiger partial charge >= 0.3 is 0 Å². The number of amides is 1. The molecule has 0 unspecified atom stereocenters. The number of nitrogens with one attached hydrogen (secondary N) is 1. The molecule has 4 rings (SSSR count). The zero-order valence-electron chi connectivity index (χ0n) is 12.9. The van der Waals surface area contributed by atoms with Gasteiger partial charge in [-0.05, 0) is 68.3 Å². The van der Waals surface area contributed by atoms with E-state index >= 15 is 0 Å². The summed E-state index contributed by atoms with van der Waals surface area (Å²) in [6.07, 6.45) is 4.04. The van der Waals surface area contributed by atoms with Crippen LogP contribution in [-0.2, 0) is 10.2 Å². The van der Waals surface area contributed by atoms with Gasteiger partial charge in [0.1, 0.15) is 5.82 Å². The summed E-state index contributed by atoms with van der Waals surface area (Å²) in [7, 11) is 0.